The van der Waals surface area contributed by atoms with E-state index in [1.165, 1.54) is 117 Å². The molecular weight excluding hydrogens is 849 g/mol. The summed E-state index contributed by atoms with van der Waals surface area (Å²) in [6.45, 7) is 0. The molecule has 0 radical (unpaired) electrons. The lowest BCUT2D eigenvalue weighted by Crippen LogP contribution is -1.93. The highest BCUT2D eigenvalue weighted by Gasteiger charge is 2.21. The van der Waals surface area contributed by atoms with Crippen LogP contribution in [-0.2, 0) is 0 Å². The van der Waals surface area contributed by atoms with Crippen LogP contribution in [0, 0.1) is 0 Å². The van der Waals surface area contributed by atoms with Crippen LogP contribution in [0.2, 0.25) is 0 Å². The van der Waals surface area contributed by atoms with Gasteiger partial charge in [0.15, 0.2) is 5.65 Å². The van der Waals surface area contributed by atoms with Gasteiger partial charge in [0.05, 0.1) is 21.4 Å². The van der Waals surface area contributed by atoms with Gasteiger partial charge in [0.2, 0.25) is 0 Å². The Morgan fingerprint density at radius 3 is 1.64 bits per heavy atom. The molecule has 4 heterocycles. The lowest BCUT2D eigenvalue weighted by atomic mass is 9.91. The third kappa shape index (κ3) is 5.46. The highest BCUT2D eigenvalue weighted by atomic mass is 32.1. The van der Waals surface area contributed by atoms with Crippen LogP contribution < -0.4 is 0 Å². The van der Waals surface area contributed by atoms with E-state index in [4.69, 9.17) is 4.98 Å². The number of thiophene rings is 2. The van der Waals surface area contributed by atoms with Crippen molar-refractivity contribution in [3.8, 4) is 44.6 Å². The maximum Gasteiger partial charge on any atom is 0.156 e. The van der Waals surface area contributed by atoms with E-state index in [1.54, 1.807) is 0 Å². The van der Waals surface area contributed by atoms with Crippen molar-refractivity contribution in [3.63, 3.8) is 0 Å². The van der Waals surface area contributed by atoms with Crippen LogP contribution in [0.5, 0.6) is 0 Å². The molecule has 15 aromatic rings. The van der Waals surface area contributed by atoms with Crippen LogP contribution in [-0.4, -0.2) is 9.38 Å². The number of hydrogen-bond donors (Lipinski definition) is 0. The van der Waals surface area contributed by atoms with Gasteiger partial charge in [-0.25, -0.2) is 4.98 Å². The Hall–Kier alpha value is -8.15. The molecule has 0 fully saturated rings. The molecule has 2 nitrogen and oxygen atoms in total. The quantitative estimate of drug-likeness (QED) is 0.161. The van der Waals surface area contributed by atoms with Gasteiger partial charge < -0.3 is 0 Å². The van der Waals surface area contributed by atoms with Gasteiger partial charge in [0, 0.05) is 41.0 Å². The van der Waals surface area contributed by atoms with E-state index in [1.807, 2.05) is 22.7 Å². The summed E-state index contributed by atoms with van der Waals surface area (Å²) in [7, 11) is 0. The Labute approximate surface area is 392 Å². The number of benzene rings is 11. The molecule has 4 heteroatoms. The number of fused-ring (bicyclic) bond motifs is 17. The standard InChI is InChI=1S/C63H36N2S2/c1-3-12-43-37(10-1)28-30-51-50(43)33-34-54-61(51)64-63-62-53(60-46-13-4-2-11-38(46)29-35-58(60)67-62)36-55(65(54)63)42-26-24-40(25-27-42)45-32-31-44(48-14-5-6-15-49(45)48)39-20-22-41(23-21-39)47-17-9-19-57-59(47)52-16-7-8-18-56(52)66-57/h1-36H. The van der Waals surface area contributed by atoms with Crippen molar-refractivity contribution in [2.45, 2.75) is 0 Å². The summed E-state index contributed by atoms with van der Waals surface area (Å²) >= 11 is 3.72. The topological polar surface area (TPSA) is 17.3 Å². The monoisotopic (exact) mass is 884 g/mol. The summed E-state index contributed by atoms with van der Waals surface area (Å²) in [5, 5.41) is 15.1. The molecule has 11 aromatic carbocycles. The third-order valence-electron chi connectivity index (χ3n) is 14.2. The lowest BCUT2D eigenvalue weighted by Gasteiger charge is -2.14. The summed E-state index contributed by atoms with van der Waals surface area (Å²) in [6, 6.07) is 80.8. The minimum Gasteiger partial charge on any atom is -0.291 e. The molecule has 67 heavy (non-hydrogen) atoms. The average Bonchev–Trinajstić information content (AvgIpc) is 4.10. The second-order valence-corrected chi connectivity index (χ2v) is 19.9. The summed E-state index contributed by atoms with van der Waals surface area (Å²) in [4.78, 5) is 5.59. The van der Waals surface area contributed by atoms with Crippen molar-refractivity contribution in [3.05, 3.63) is 218 Å². The number of imidazole rings is 1. The van der Waals surface area contributed by atoms with Gasteiger partial charge in [-0.1, -0.05) is 188 Å². The first-order valence-corrected chi connectivity index (χ1v) is 24.5. The smallest absolute Gasteiger partial charge is 0.156 e. The Kier molecular flexibility index (Phi) is 7.85. The maximum absolute atomic E-state index is 5.59. The van der Waals surface area contributed by atoms with Crippen LogP contribution in [0.25, 0.3) is 145 Å². The minimum absolute atomic E-state index is 1.00. The predicted octanol–water partition coefficient (Wildman–Crippen LogP) is 18.5. The molecule has 0 aliphatic carbocycles. The Balaban J connectivity index is 0.871. The van der Waals surface area contributed by atoms with Gasteiger partial charge >= 0.3 is 0 Å². The second-order valence-electron chi connectivity index (χ2n) is 17.8. The molecule has 0 saturated heterocycles. The molecule has 0 spiro atoms. The molecule has 310 valence electrons. The summed E-state index contributed by atoms with van der Waals surface area (Å²) in [5.74, 6) is 0. The van der Waals surface area contributed by atoms with Gasteiger partial charge in [0.25, 0.3) is 0 Å². The first-order chi connectivity index (χ1) is 33.2. The third-order valence-corrected chi connectivity index (χ3v) is 16.5. The van der Waals surface area contributed by atoms with Gasteiger partial charge in [0.1, 0.15) is 0 Å². The largest absolute Gasteiger partial charge is 0.291 e. The molecule has 0 saturated carbocycles. The van der Waals surface area contributed by atoms with E-state index >= 15 is 0 Å². The fraction of sp³-hybridized carbons (Fsp3) is 0. The van der Waals surface area contributed by atoms with E-state index in [0.29, 0.717) is 0 Å². The Morgan fingerprint density at radius 1 is 0.328 bits per heavy atom. The van der Waals surface area contributed by atoms with Crippen LogP contribution in [0.4, 0.5) is 0 Å². The van der Waals surface area contributed by atoms with E-state index in [0.717, 1.165) is 27.9 Å². The van der Waals surface area contributed by atoms with Crippen molar-refractivity contribution < 1.29 is 0 Å². The maximum atomic E-state index is 5.59. The van der Waals surface area contributed by atoms with Crippen molar-refractivity contribution in [1.29, 1.82) is 0 Å². The molecule has 0 amide bonds. The van der Waals surface area contributed by atoms with Crippen LogP contribution in [0.15, 0.2) is 218 Å². The van der Waals surface area contributed by atoms with Gasteiger partial charge in [-0.3, -0.25) is 4.40 Å². The molecule has 0 aliphatic heterocycles. The van der Waals surface area contributed by atoms with Crippen molar-refractivity contribution in [1.82, 2.24) is 9.38 Å². The molecular formula is C63H36N2S2. The highest BCUT2D eigenvalue weighted by molar-refractivity contribution is 7.27. The molecule has 0 unspecified atom stereocenters. The number of nitrogens with zero attached hydrogens (tertiary/aromatic N) is 2. The number of aromatic nitrogens is 2. The fourth-order valence-corrected chi connectivity index (χ4v) is 13.4. The molecule has 0 atom stereocenters. The van der Waals surface area contributed by atoms with Crippen molar-refractivity contribution >= 4 is 123 Å². The molecule has 4 aromatic heterocycles. The van der Waals surface area contributed by atoms with Gasteiger partial charge in [-0.05, 0) is 107 Å². The Morgan fingerprint density at radius 2 is 0.896 bits per heavy atom. The first kappa shape index (κ1) is 37.1. The predicted molar refractivity (Wildman–Crippen MR) is 290 cm³/mol. The zero-order valence-electron chi connectivity index (χ0n) is 36.0. The van der Waals surface area contributed by atoms with Crippen molar-refractivity contribution in [2.24, 2.45) is 0 Å². The van der Waals surface area contributed by atoms with E-state index in [9.17, 15) is 0 Å². The molecule has 0 bridgehead atoms. The average molecular weight is 885 g/mol. The summed E-state index contributed by atoms with van der Waals surface area (Å²) in [5.41, 5.74) is 12.8. The number of rotatable bonds is 4. The first-order valence-electron chi connectivity index (χ1n) is 22.9. The van der Waals surface area contributed by atoms with Crippen LogP contribution in [0.1, 0.15) is 0 Å². The normalized spacial score (nSPS) is 12.2. The fourth-order valence-electron chi connectivity index (χ4n) is 11.1. The molecule has 0 N–H and O–H groups in total. The molecule has 0 aliphatic rings. The lowest BCUT2D eigenvalue weighted by molar-refractivity contribution is 1.25. The van der Waals surface area contributed by atoms with E-state index < -0.39 is 0 Å². The number of pyridine rings is 1. The second kappa shape index (κ2) is 14.2. The number of hydrogen-bond acceptors (Lipinski definition) is 3. The van der Waals surface area contributed by atoms with E-state index in [2.05, 4.69) is 223 Å². The SMILES string of the molecule is c1ccc2c(c1)ccc1c2ccc2c1nc1c3sc4ccc5ccccc5c4c3cc(-c3ccc(-c4ccc(-c5ccc(-c6cccc7sc8ccccc8c67)cc5)c5ccccc45)cc3)n21. The van der Waals surface area contributed by atoms with Crippen LogP contribution in [0.3, 0.4) is 0 Å². The van der Waals surface area contributed by atoms with Gasteiger partial charge in [-0.2, -0.15) is 0 Å². The molecule has 15 rings (SSSR count). The van der Waals surface area contributed by atoms with Crippen molar-refractivity contribution in [2.75, 3.05) is 0 Å². The highest BCUT2D eigenvalue weighted by Crippen LogP contribution is 2.46. The summed E-state index contributed by atoms with van der Waals surface area (Å²) < 4.78 is 7.57. The Bertz CT molecular complexity index is 4550. The van der Waals surface area contributed by atoms with E-state index in [-0.39, 0.29) is 0 Å². The minimum atomic E-state index is 1.00. The van der Waals surface area contributed by atoms with Gasteiger partial charge in [-0.15, -0.1) is 22.7 Å². The zero-order chi connectivity index (χ0) is 43.7. The summed E-state index contributed by atoms with van der Waals surface area (Å²) in [6.07, 6.45) is 0. The van der Waals surface area contributed by atoms with Crippen LogP contribution >= 0.6 is 22.7 Å². The zero-order valence-corrected chi connectivity index (χ0v) is 37.6.